The molecule has 1 nitrogen and oxygen atoms in total. The number of hydrogen-bond acceptors (Lipinski definition) is 1. The highest BCUT2D eigenvalue weighted by molar-refractivity contribution is 6.93. The average molecular weight is 152 g/mol. The van der Waals surface area contributed by atoms with E-state index in [1.165, 1.54) is 18.9 Å². The molecular formula is C5H14ClNSi. The van der Waals surface area contributed by atoms with Crippen LogP contribution >= 0.6 is 11.1 Å². The normalized spacial score (nSPS) is 11.2. The zero-order valence-electron chi connectivity index (χ0n) is 5.41. The Hall–Kier alpha value is 0.467. The summed E-state index contributed by atoms with van der Waals surface area (Å²) in [4.78, 5) is 0. The van der Waals surface area contributed by atoms with E-state index in [4.69, 9.17) is 11.1 Å². The Balaban J connectivity index is 2.53. The van der Waals surface area contributed by atoms with E-state index in [0.29, 0.717) is 0 Å². The molecule has 0 aliphatic heterocycles. The lowest BCUT2D eigenvalue weighted by Crippen LogP contribution is -2.06. The van der Waals surface area contributed by atoms with E-state index < -0.39 is 0 Å². The maximum absolute atomic E-state index is 5.60. The Kier molecular flexibility index (Phi) is 7.90. The molecule has 50 valence electrons. The molecule has 0 atom stereocenters. The first-order valence-corrected chi connectivity index (χ1v) is 6.26. The summed E-state index contributed by atoms with van der Waals surface area (Å²) in [5.41, 5.74) is 0. The molecule has 0 aromatic rings. The fourth-order valence-electron chi connectivity index (χ4n) is 0.573. The fourth-order valence-corrected chi connectivity index (χ4v) is 1.68. The molecule has 0 bridgehead atoms. The van der Waals surface area contributed by atoms with Crippen molar-refractivity contribution in [2.45, 2.75) is 18.9 Å². The van der Waals surface area contributed by atoms with Gasteiger partial charge < -0.3 is 5.32 Å². The maximum Gasteiger partial charge on any atom is 0.125 e. The van der Waals surface area contributed by atoms with E-state index >= 15 is 0 Å². The van der Waals surface area contributed by atoms with Gasteiger partial charge in [-0.1, -0.05) is 6.42 Å². The molecule has 0 heterocycles. The van der Waals surface area contributed by atoms with Crippen LogP contribution in [0.15, 0.2) is 0 Å². The van der Waals surface area contributed by atoms with Gasteiger partial charge in [0, 0.05) is 0 Å². The first-order valence-electron chi connectivity index (χ1n) is 3.12. The van der Waals surface area contributed by atoms with Crippen molar-refractivity contribution in [3.63, 3.8) is 0 Å². The van der Waals surface area contributed by atoms with E-state index in [-0.39, 0.29) is 8.83 Å². The van der Waals surface area contributed by atoms with Crippen molar-refractivity contribution in [1.82, 2.24) is 5.32 Å². The summed E-state index contributed by atoms with van der Waals surface area (Å²) in [5, 5.41) is 3.10. The highest BCUT2D eigenvalue weighted by Crippen LogP contribution is 1.94. The smallest absolute Gasteiger partial charge is 0.125 e. The van der Waals surface area contributed by atoms with Crippen molar-refractivity contribution >= 4 is 19.9 Å². The van der Waals surface area contributed by atoms with Gasteiger partial charge in [0.05, 0.1) is 0 Å². The standard InChI is InChI=1S/C5H14ClNSi/c1-7-4-2-3-5-8-6/h7H,2-5,8H2,1H3. The monoisotopic (exact) mass is 151 g/mol. The topological polar surface area (TPSA) is 12.0 Å². The summed E-state index contributed by atoms with van der Waals surface area (Å²) in [6.07, 6.45) is 2.60. The van der Waals surface area contributed by atoms with Crippen LogP contribution in [-0.4, -0.2) is 22.4 Å². The van der Waals surface area contributed by atoms with Gasteiger partial charge in [-0.05, 0) is 26.1 Å². The molecule has 0 rings (SSSR count). The van der Waals surface area contributed by atoms with E-state index in [2.05, 4.69) is 5.32 Å². The van der Waals surface area contributed by atoms with Crippen LogP contribution < -0.4 is 5.32 Å². The number of unbranched alkanes of at least 4 members (excludes halogenated alkanes) is 1. The molecule has 0 aromatic carbocycles. The highest BCUT2D eigenvalue weighted by atomic mass is 35.6. The molecule has 0 aliphatic carbocycles. The van der Waals surface area contributed by atoms with Crippen molar-refractivity contribution in [3.8, 4) is 0 Å². The minimum atomic E-state index is -0.170. The Morgan fingerprint density at radius 2 is 2.25 bits per heavy atom. The third-order valence-electron chi connectivity index (χ3n) is 1.06. The quantitative estimate of drug-likeness (QED) is 0.347. The largest absolute Gasteiger partial charge is 0.320 e. The molecule has 0 unspecified atom stereocenters. The van der Waals surface area contributed by atoms with Crippen LogP contribution in [0.5, 0.6) is 0 Å². The Morgan fingerprint density at radius 1 is 1.50 bits per heavy atom. The van der Waals surface area contributed by atoms with E-state index in [9.17, 15) is 0 Å². The molecule has 0 aromatic heterocycles. The predicted octanol–water partition coefficient (Wildman–Crippen LogP) is 0.727. The van der Waals surface area contributed by atoms with Crippen LogP contribution in [0, 0.1) is 0 Å². The molecule has 0 amide bonds. The molecule has 0 spiro atoms. The number of nitrogens with one attached hydrogen (secondary N) is 1. The molecular weight excluding hydrogens is 138 g/mol. The summed E-state index contributed by atoms with van der Waals surface area (Å²) in [6, 6.07) is 1.29. The van der Waals surface area contributed by atoms with Crippen LogP contribution in [-0.2, 0) is 0 Å². The summed E-state index contributed by atoms with van der Waals surface area (Å²) in [5.74, 6) is 0. The highest BCUT2D eigenvalue weighted by Gasteiger charge is 1.84. The van der Waals surface area contributed by atoms with Crippen LogP contribution in [0.1, 0.15) is 12.8 Å². The molecule has 0 aliphatic rings. The molecule has 1 N–H and O–H groups in total. The van der Waals surface area contributed by atoms with Crippen LogP contribution in [0.2, 0.25) is 6.04 Å². The lowest BCUT2D eigenvalue weighted by molar-refractivity contribution is 0.710. The van der Waals surface area contributed by atoms with Crippen molar-refractivity contribution < 1.29 is 0 Å². The summed E-state index contributed by atoms with van der Waals surface area (Å²) < 4.78 is 0. The molecule has 0 fully saturated rings. The summed E-state index contributed by atoms with van der Waals surface area (Å²) >= 11 is 5.60. The van der Waals surface area contributed by atoms with Crippen molar-refractivity contribution in [3.05, 3.63) is 0 Å². The van der Waals surface area contributed by atoms with Crippen molar-refractivity contribution in [2.75, 3.05) is 13.6 Å². The van der Waals surface area contributed by atoms with Gasteiger partial charge in [0.1, 0.15) is 8.83 Å². The van der Waals surface area contributed by atoms with Gasteiger partial charge >= 0.3 is 0 Å². The SMILES string of the molecule is CNCCCC[SiH2]Cl. The van der Waals surface area contributed by atoms with Crippen LogP contribution in [0.25, 0.3) is 0 Å². The number of rotatable bonds is 5. The fraction of sp³-hybridized carbons (Fsp3) is 1.00. The predicted molar refractivity (Wildman–Crippen MR) is 42.4 cm³/mol. The second kappa shape index (κ2) is 7.47. The maximum atomic E-state index is 5.60. The van der Waals surface area contributed by atoms with Gasteiger partial charge in [0.2, 0.25) is 0 Å². The van der Waals surface area contributed by atoms with E-state index in [1.807, 2.05) is 7.05 Å². The lowest BCUT2D eigenvalue weighted by Gasteiger charge is -1.94. The third kappa shape index (κ3) is 6.47. The first-order chi connectivity index (χ1) is 3.91. The number of hydrogen-bond donors (Lipinski definition) is 1. The molecule has 8 heavy (non-hydrogen) atoms. The van der Waals surface area contributed by atoms with Crippen LogP contribution in [0.4, 0.5) is 0 Å². The molecule has 3 heteroatoms. The van der Waals surface area contributed by atoms with Gasteiger partial charge in [-0.25, -0.2) is 0 Å². The minimum absolute atomic E-state index is 0.170. The first kappa shape index (κ1) is 8.47. The van der Waals surface area contributed by atoms with Crippen molar-refractivity contribution in [1.29, 1.82) is 0 Å². The van der Waals surface area contributed by atoms with Gasteiger partial charge in [-0.3, -0.25) is 0 Å². The van der Waals surface area contributed by atoms with Crippen molar-refractivity contribution in [2.24, 2.45) is 0 Å². The lowest BCUT2D eigenvalue weighted by atomic mass is 10.3. The second-order valence-corrected chi connectivity index (χ2v) is 4.07. The number of halogens is 1. The van der Waals surface area contributed by atoms with Gasteiger partial charge in [0.25, 0.3) is 0 Å². The van der Waals surface area contributed by atoms with E-state index in [1.54, 1.807) is 0 Å². The van der Waals surface area contributed by atoms with Gasteiger partial charge in [0.15, 0.2) is 0 Å². The van der Waals surface area contributed by atoms with Gasteiger partial charge in [-0.15, -0.1) is 0 Å². The van der Waals surface area contributed by atoms with Crippen LogP contribution in [0.3, 0.4) is 0 Å². The zero-order valence-corrected chi connectivity index (χ0v) is 7.58. The summed E-state index contributed by atoms with van der Waals surface area (Å²) in [7, 11) is 1.81. The Bertz CT molecular complexity index is 37.4. The third-order valence-corrected chi connectivity index (χ3v) is 2.63. The minimum Gasteiger partial charge on any atom is -0.320 e. The molecule has 0 saturated carbocycles. The second-order valence-electron chi connectivity index (χ2n) is 1.85. The van der Waals surface area contributed by atoms with E-state index in [0.717, 1.165) is 6.54 Å². The Labute approximate surface area is 58.3 Å². The van der Waals surface area contributed by atoms with Gasteiger partial charge in [-0.2, -0.15) is 11.1 Å². The molecule has 0 radical (unpaired) electrons. The summed E-state index contributed by atoms with van der Waals surface area (Å²) in [6.45, 7) is 1.14. The zero-order chi connectivity index (χ0) is 6.24. The molecule has 0 saturated heterocycles. The average Bonchev–Trinajstić information content (AvgIpc) is 1.81. The Morgan fingerprint density at radius 3 is 2.75 bits per heavy atom.